The van der Waals surface area contributed by atoms with Gasteiger partial charge in [0.05, 0.1) is 11.3 Å². The Bertz CT molecular complexity index is 1100. The second kappa shape index (κ2) is 7.41. The number of benzene rings is 2. The van der Waals surface area contributed by atoms with Crippen LogP contribution in [0.1, 0.15) is 5.56 Å². The molecule has 2 aromatic carbocycles. The molecule has 1 amide bonds. The van der Waals surface area contributed by atoms with Crippen molar-refractivity contribution in [1.82, 2.24) is 13.8 Å². The van der Waals surface area contributed by atoms with Crippen molar-refractivity contribution in [2.24, 2.45) is 7.05 Å². The fraction of sp³-hybridized carbons (Fsp3) is 0.286. The molecule has 0 atom stereocenters. The molecule has 4 rings (SSSR count). The first kappa shape index (κ1) is 18.7. The molecule has 1 fully saturated rings. The van der Waals surface area contributed by atoms with Crippen molar-refractivity contribution in [3.8, 4) is 0 Å². The van der Waals surface area contributed by atoms with Gasteiger partial charge in [-0.2, -0.15) is 4.31 Å². The van der Waals surface area contributed by atoms with Gasteiger partial charge in [0, 0.05) is 50.3 Å². The summed E-state index contributed by atoms with van der Waals surface area (Å²) in [6.45, 7) is 1.46. The molecule has 7 heteroatoms. The van der Waals surface area contributed by atoms with Crippen molar-refractivity contribution >= 4 is 26.8 Å². The Morgan fingerprint density at radius 3 is 2.29 bits per heavy atom. The molecular formula is C21H23N3O3S. The number of fused-ring (bicyclic) bond motifs is 1. The van der Waals surface area contributed by atoms with E-state index in [-0.39, 0.29) is 5.91 Å². The zero-order chi connectivity index (χ0) is 19.7. The van der Waals surface area contributed by atoms with E-state index in [0.717, 1.165) is 16.5 Å². The Kier molecular flexibility index (Phi) is 4.95. The summed E-state index contributed by atoms with van der Waals surface area (Å²) in [4.78, 5) is 14.9. The maximum Gasteiger partial charge on any atom is 0.243 e. The minimum Gasteiger partial charge on any atom is -0.350 e. The molecule has 0 bridgehead atoms. The van der Waals surface area contributed by atoms with E-state index < -0.39 is 10.0 Å². The lowest BCUT2D eigenvalue weighted by atomic mass is 10.1. The summed E-state index contributed by atoms with van der Waals surface area (Å²) in [7, 11) is -1.53. The van der Waals surface area contributed by atoms with Gasteiger partial charge in [-0.1, -0.05) is 36.4 Å². The lowest BCUT2D eigenvalue weighted by molar-refractivity contribution is -0.131. The maximum absolute atomic E-state index is 12.8. The zero-order valence-corrected chi connectivity index (χ0v) is 16.6. The van der Waals surface area contributed by atoms with E-state index in [4.69, 9.17) is 0 Å². The summed E-state index contributed by atoms with van der Waals surface area (Å²) in [5, 5.41) is 1.09. The van der Waals surface area contributed by atoms with Crippen LogP contribution >= 0.6 is 0 Å². The van der Waals surface area contributed by atoms with E-state index in [1.165, 1.54) is 4.31 Å². The molecule has 0 unspecified atom stereocenters. The van der Waals surface area contributed by atoms with Crippen LogP contribution in [-0.2, 0) is 28.3 Å². The summed E-state index contributed by atoms with van der Waals surface area (Å²) in [6.07, 6.45) is 2.32. The minimum atomic E-state index is -3.50. The first-order chi connectivity index (χ1) is 13.5. The molecule has 0 spiro atoms. The summed E-state index contributed by atoms with van der Waals surface area (Å²) in [6, 6.07) is 16.5. The molecule has 1 saturated heterocycles. The van der Waals surface area contributed by atoms with Gasteiger partial charge in [-0.3, -0.25) is 4.79 Å². The Labute approximate surface area is 165 Å². The smallest absolute Gasteiger partial charge is 0.243 e. The van der Waals surface area contributed by atoms with Crippen molar-refractivity contribution < 1.29 is 13.2 Å². The number of rotatable bonds is 4. The lowest BCUT2D eigenvalue weighted by Crippen LogP contribution is -2.50. The summed E-state index contributed by atoms with van der Waals surface area (Å²) in [5.74, 6) is 0.0353. The van der Waals surface area contributed by atoms with Crippen molar-refractivity contribution in [2.75, 3.05) is 26.2 Å². The fourth-order valence-corrected chi connectivity index (χ4v) is 5.20. The van der Waals surface area contributed by atoms with Crippen molar-refractivity contribution in [2.45, 2.75) is 11.3 Å². The molecule has 146 valence electrons. The first-order valence-electron chi connectivity index (χ1n) is 9.33. The van der Waals surface area contributed by atoms with E-state index in [0.29, 0.717) is 37.5 Å². The molecule has 0 radical (unpaired) electrons. The Morgan fingerprint density at radius 2 is 1.57 bits per heavy atom. The van der Waals surface area contributed by atoms with Crippen molar-refractivity contribution in [1.29, 1.82) is 0 Å². The van der Waals surface area contributed by atoms with Gasteiger partial charge in [-0.25, -0.2) is 8.42 Å². The molecule has 0 saturated carbocycles. The molecule has 6 nitrogen and oxygen atoms in total. The Hall–Kier alpha value is -2.64. The molecule has 1 aliphatic heterocycles. The molecule has 1 aromatic heterocycles. The highest BCUT2D eigenvalue weighted by atomic mass is 32.2. The van der Waals surface area contributed by atoms with E-state index in [2.05, 4.69) is 0 Å². The Balaban J connectivity index is 1.43. The monoisotopic (exact) mass is 397 g/mol. The van der Waals surface area contributed by atoms with E-state index in [9.17, 15) is 13.2 Å². The maximum atomic E-state index is 12.8. The zero-order valence-electron chi connectivity index (χ0n) is 15.8. The van der Waals surface area contributed by atoms with Gasteiger partial charge in [0.15, 0.2) is 0 Å². The van der Waals surface area contributed by atoms with Gasteiger partial charge in [0.2, 0.25) is 15.9 Å². The van der Waals surface area contributed by atoms with Crippen LogP contribution in [0.15, 0.2) is 65.7 Å². The highest BCUT2D eigenvalue weighted by Crippen LogP contribution is 2.22. The van der Waals surface area contributed by atoms with Gasteiger partial charge in [0.25, 0.3) is 0 Å². The fourth-order valence-electron chi connectivity index (χ4n) is 3.76. The van der Waals surface area contributed by atoms with Gasteiger partial charge in [-0.05, 0) is 23.8 Å². The highest BCUT2D eigenvalue weighted by Gasteiger charge is 2.30. The normalized spacial score (nSPS) is 15.8. The number of aryl methyl sites for hydroxylation is 1. The third-order valence-corrected chi connectivity index (χ3v) is 7.21. The topological polar surface area (TPSA) is 62.6 Å². The number of aromatic nitrogens is 1. The molecule has 2 heterocycles. The Morgan fingerprint density at radius 1 is 0.929 bits per heavy atom. The van der Waals surface area contributed by atoms with Gasteiger partial charge in [0.1, 0.15) is 0 Å². The minimum absolute atomic E-state index is 0.0353. The van der Waals surface area contributed by atoms with Crippen molar-refractivity contribution in [3.05, 3.63) is 66.4 Å². The standard InChI is InChI=1S/C21H23N3O3S/c1-22-16-17(19-9-5-6-10-20(19)22)15-21(25)23-11-13-24(14-12-23)28(26,27)18-7-3-2-4-8-18/h2-10,16H,11-15H2,1H3. The molecule has 28 heavy (non-hydrogen) atoms. The highest BCUT2D eigenvalue weighted by molar-refractivity contribution is 7.89. The second-order valence-electron chi connectivity index (χ2n) is 7.06. The number of amides is 1. The average Bonchev–Trinajstić information content (AvgIpc) is 3.04. The third kappa shape index (κ3) is 3.43. The van der Waals surface area contributed by atoms with E-state index >= 15 is 0 Å². The third-order valence-electron chi connectivity index (χ3n) is 5.29. The van der Waals surface area contributed by atoms with Gasteiger partial charge < -0.3 is 9.47 Å². The molecule has 0 aliphatic carbocycles. The van der Waals surface area contributed by atoms with Crippen LogP contribution in [0.4, 0.5) is 0 Å². The number of nitrogens with zero attached hydrogens (tertiary/aromatic N) is 3. The lowest BCUT2D eigenvalue weighted by Gasteiger charge is -2.34. The largest absolute Gasteiger partial charge is 0.350 e. The van der Waals surface area contributed by atoms with Gasteiger partial charge >= 0.3 is 0 Å². The predicted octanol–water partition coefficient (Wildman–Crippen LogP) is 2.25. The molecular weight excluding hydrogens is 374 g/mol. The van der Waals surface area contributed by atoms with Gasteiger partial charge in [-0.15, -0.1) is 0 Å². The first-order valence-corrected chi connectivity index (χ1v) is 10.8. The van der Waals surface area contributed by atoms with Crippen LogP contribution in [0.2, 0.25) is 0 Å². The number of carbonyl (C=O) groups is 1. The van der Waals surface area contributed by atoms with E-state index in [1.54, 1.807) is 35.2 Å². The number of hydrogen-bond acceptors (Lipinski definition) is 3. The second-order valence-corrected chi connectivity index (χ2v) is 9.00. The summed E-state index contributed by atoms with van der Waals surface area (Å²) < 4.78 is 28.9. The number of sulfonamides is 1. The van der Waals surface area contributed by atoms with Crippen LogP contribution in [0, 0.1) is 0 Å². The van der Waals surface area contributed by atoms with Crippen molar-refractivity contribution in [3.63, 3.8) is 0 Å². The summed E-state index contributed by atoms with van der Waals surface area (Å²) >= 11 is 0. The number of para-hydroxylation sites is 1. The molecule has 0 N–H and O–H groups in total. The van der Waals surface area contributed by atoms with Crippen LogP contribution in [0.25, 0.3) is 10.9 Å². The van der Waals surface area contributed by atoms with Crippen LogP contribution in [0.5, 0.6) is 0 Å². The average molecular weight is 398 g/mol. The van der Waals surface area contributed by atoms with Crippen LogP contribution < -0.4 is 0 Å². The quantitative estimate of drug-likeness (QED) is 0.678. The van der Waals surface area contributed by atoms with Crippen LogP contribution in [-0.4, -0.2) is 54.3 Å². The molecule has 3 aromatic rings. The number of piperazine rings is 1. The predicted molar refractivity (Wildman–Crippen MR) is 108 cm³/mol. The van der Waals surface area contributed by atoms with Crippen LogP contribution in [0.3, 0.4) is 0 Å². The number of hydrogen-bond donors (Lipinski definition) is 0. The SMILES string of the molecule is Cn1cc(CC(=O)N2CCN(S(=O)(=O)c3ccccc3)CC2)c2ccccc21. The summed E-state index contributed by atoms with van der Waals surface area (Å²) in [5.41, 5.74) is 2.10. The van der Waals surface area contributed by atoms with E-state index in [1.807, 2.05) is 42.1 Å². The molecule has 1 aliphatic rings. The number of carbonyl (C=O) groups excluding carboxylic acids is 1.